The lowest BCUT2D eigenvalue weighted by Crippen LogP contribution is -2.54. The Morgan fingerprint density at radius 1 is 1.17 bits per heavy atom. The van der Waals surface area contributed by atoms with Gasteiger partial charge >= 0.3 is 6.03 Å². The van der Waals surface area contributed by atoms with E-state index in [4.69, 9.17) is 16.3 Å². The van der Waals surface area contributed by atoms with Gasteiger partial charge in [0.25, 0.3) is 0 Å². The van der Waals surface area contributed by atoms with E-state index in [9.17, 15) is 9.59 Å². The maximum Gasteiger partial charge on any atom is 0.317 e. The quantitative estimate of drug-likeness (QED) is 0.442. The molecule has 0 radical (unpaired) electrons. The number of benzene rings is 1. The van der Waals surface area contributed by atoms with E-state index >= 15 is 0 Å². The second-order valence-electron chi connectivity index (χ2n) is 10.3. The lowest BCUT2D eigenvalue weighted by molar-refractivity contribution is -0.140. The van der Waals surface area contributed by atoms with Crippen molar-refractivity contribution in [2.24, 2.45) is 11.8 Å². The third-order valence-corrected chi connectivity index (χ3v) is 8.02. The maximum absolute atomic E-state index is 13.4. The molecule has 0 bridgehead atoms. The lowest BCUT2D eigenvalue weighted by atomic mass is 9.78. The van der Waals surface area contributed by atoms with Crippen molar-refractivity contribution in [2.75, 3.05) is 40.3 Å². The van der Waals surface area contributed by atoms with Gasteiger partial charge in [-0.05, 0) is 56.8 Å². The average Bonchev–Trinajstić information content (AvgIpc) is 2.87. The van der Waals surface area contributed by atoms with Gasteiger partial charge < -0.3 is 25.6 Å². The van der Waals surface area contributed by atoms with Gasteiger partial charge in [0, 0.05) is 43.7 Å². The summed E-state index contributed by atoms with van der Waals surface area (Å²) in [5.41, 5.74) is 0.176. The van der Waals surface area contributed by atoms with Crippen LogP contribution in [0.1, 0.15) is 63.9 Å². The Labute approximate surface area is 215 Å². The molecule has 0 aromatic heterocycles. The van der Waals surface area contributed by atoms with Crippen LogP contribution < -0.4 is 16.0 Å². The Morgan fingerprint density at radius 2 is 1.94 bits per heavy atom. The van der Waals surface area contributed by atoms with Crippen LogP contribution in [0.4, 0.5) is 4.79 Å². The Bertz CT molecular complexity index is 832. The number of rotatable bonds is 10. The first kappa shape index (κ1) is 27.8. The molecule has 1 saturated carbocycles. The first-order valence-corrected chi connectivity index (χ1v) is 13.5. The van der Waals surface area contributed by atoms with Crippen LogP contribution in [0.3, 0.4) is 0 Å². The fraction of sp³-hybridized carbons (Fsp3) is 0.704. The Kier molecular flexibility index (Phi) is 10.7. The molecule has 2 fully saturated rings. The number of hydrogen-bond acceptors (Lipinski definition) is 4. The van der Waals surface area contributed by atoms with Crippen molar-refractivity contribution in [2.45, 2.75) is 69.9 Å². The van der Waals surface area contributed by atoms with Crippen molar-refractivity contribution in [3.63, 3.8) is 0 Å². The van der Waals surface area contributed by atoms with Crippen molar-refractivity contribution in [3.8, 4) is 0 Å². The van der Waals surface area contributed by atoms with Gasteiger partial charge in [0.15, 0.2) is 0 Å². The minimum Gasteiger partial charge on any atom is -0.360 e. The number of nitrogens with one attached hydrogen (secondary N) is 3. The number of hydrogen-bond donors (Lipinski definition) is 3. The summed E-state index contributed by atoms with van der Waals surface area (Å²) in [6.45, 7) is 4.03. The first-order valence-electron chi connectivity index (χ1n) is 13.2. The summed E-state index contributed by atoms with van der Waals surface area (Å²) >= 11 is 6.31. The van der Waals surface area contributed by atoms with Gasteiger partial charge in [-0.3, -0.25) is 4.79 Å². The van der Waals surface area contributed by atoms with Crippen LogP contribution in [0, 0.1) is 11.8 Å². The fourth-order valence-corrected chi connectivity index (χ4v) is 5.85. The summed E-state index contributed by atoms with van der Waals surface area (Å²) in [5, 5.41) is 9.82. The molecule has 1 unspecified atom stereocenters. The molecule has 3 rings (SSSR count). The highest BCUT2D eigenvalue weighted by atomic mass is 35.5. The number of nitrogens with zero attached hydrogens (tertiary/aromatic N) is 1. The Morgan fingerprint density at radius 3 is 2.63 bits per heavy atom. The number of ether oxygens (including phenoxy) is 1. The summed E-state index contributed by atoms with van der Waals surface area (Å²) in [5.74, 6) is 0.549. The number of urea groups is 1. The molecule has 1 aromatic carbocycles. The number of amides is 3. The standard InChI is InChI=1S/C27H43ClN4O3/c1-27(35-19-25(33)30-3,21-11-7-13-23(28)16-21)22-12-8-14-32(18-22)26(34)31-24(17-29-2)15-20-9-5-4-6-10-20/h7,11,13,16,20,22,24,29H,4-6,8-10,12,14-15,17-19H2,1-3H3,(H,30,33)(H,31,34)/t22-,24?,27+/m1/s1. The van der Waals surface area contributed by atoms with E-state index in [1.54, 1.807) is 7.05 Å². The second kappa shape index (κ2) is 13.5. The summed E-state index contributed by atoms with van der Waals surface area (Å²) in [4.78, 5) is 27.3. The number of halogens is 1. The van der Waals surface area contributed by atoms with Gasteiger partial charge in [-0.2, -0.15) is 0 Å². The van der Waals surface area contributed by atoms with Gasteiger partial charge in [-0.1, -0.05) is 55.8 Å². The number of carbonyl (C=O) groups excluding carboxylic acids is 2. The van der Waals surface area contributed by atoms with E-state index < -0.39 is 5.60 Å². The van der Waals surface area contributed by atoms with Crippen LogP contribution in [-0.2, 0) is 15.1 Å². The van der Waals surface area contributed by atoms with Crippen molar-refractivity contribution in [1.82, 2.24) is 20.9 Å². The monoisotopic (exact) mass is 506 g/mol. The molecule has 3 amide bonds. The molecule has 35 heavy (non-hydrogen) atoms. The molecule has 3 N–H and O–H groups in total. The molecule has 0 spiro atoms. The minimum atomic E-state index is -0.747. The largest absolute Gasteiger partial charge is 0.360 e. The normalized spacial score (nSPS) is 21.7. The van der Waals surface area contributed by atoms with Gasteiger partial charge in [0.05, 0.1) is 5.60 Å². The zero-order valence-corrected chi connectivity index (χ0v) is 22.3. The van der Waals surface area contributed by atoms with Gasteiger partial charge in [-0.25, -0.2) is 4.79 Å². The molecule has 2 aliphatic rings. The van der Waals surface area contributed by atoms with Crippen molar-refractivity contribution >= 4 is 23.5 Å². The van der Waals surface area contributed by atoms with Crippen LogP contribution in [0.5, 0.6) is 0 Å². The number of likely N-dealkylation sites (tertiary alicyclic amines) is 1. The van der Waals surface area contributed by atoms with Gasteiger partial charge in [-0.15, -0.1) is 0 Å². The van der Waals surface area contributed by atoms with E-state index in [1.807, 2.05) is 43.1 Å². The number of likely N-dealkylation sites (N-methyl/N-ethyl adjacent to an activating group) is 2. The smallest absolute Gasteiger partial charge is 0.317 e. The van der Waals surface area contributed by atoms with Gasteiger partial charge in [0.2, 0.25) is 5.91 Å². The summed E-state index contributed by atoms with van der Waals surface area (Å²) < 4.78 is 6.27. The molecule has 3 atom stereocenters. The van der Waals surface area contributed by atoms with Crippen LogP contribution in [0.25, 0.3) is 0 Å². The van der Waals surface area contributed by atoms with Crippen LogP contribution >= 0.6 is 11.6 Å². The molecule has 196 valence electrons. The summed E-state index contributed by atoms with van der Waals surface area (Å²) in [7, 11) is 3.54. The van der Waals surface area contributed by atoms with Gasteiger partial charge in [0.1, 0.15) is 6.61 Å². The molecular weight excluding hydrogens is 464 g/mol. The van der Waals surface area contributed by atoms with E-state index in [1.165, 1.54) is 32.1 Å². The van der Waals surface area contributed by atoms with Crippen molar-refractivity contribution < 1.29 is 14.3 Å². The van der Waals surface area contributed by atoms with Crippen LogP contribution in [0.15, 0.2) is 24.3 Å². The molecule has 1 aromatic rings. The van der Waals surface area contributed by atoms with Crippen LogP contribution in [-0.4, -0.2) is 63.2 Å². The molecule has 1 heterocycles. The predicted octanol–water partition coefficient (Wildman–Crippen LogP) is 4.30. The molecule has 7 nitrogen and oxygen atoms in total. The van der Waals surface area contributed by atoms with E-state index in [-0.39, 0.29) is 30.5 Å². The third kappa shape index (κ3) is 7.83. The van der Waals surface area contributed by atoms with E-state index in [2.05, 4.69) is 16.0 Å². The minimum absolute atomic E-state index is 0.00879. The summed E-state index contributed by atoms with van der Waals surface area (Å²) in [6, 6.07) is 7.74. The maximum atomic E-state index is 13.4. The average molecular weight is 507 g/mol. The highest BCUT2D eigenvalue weighted by Gasteiger charge is 2.41. The molecule has 8 heteroatoms. The third-order valence-electron chi connectivity index (χ3n) is 7.79. The second-order valence-corrected chi connectivity index (χ2v) is 10.7. The lowest BCUT2D eigenvalue weighted by Gasteiger charge is -2.44. The summed E-state index contributed by atoms with van der Waals surface area (Å²) in [6.07, 6.45) is 9.29. The molecule has 1 aliphatic heterocycles. The topological polar surface area (TPSA) is 82.7 Å². The predicted molar refractivity (Wildman–Crippen MR) is 141 cm³/mol. The van der Waals surface area contributed by atoms with Crippen molar-refractivity contribution in [1.29, 1.82) is 0 Å². The van der Waals surface area contributed by atoms with Crippen LogP contribution in [0.2, 0.25) is 5.02 Å². The molecule has 1 aliphatic carbocycles. The number of piperidine rings is 1. The van der Waals surface area contributed by atoms with E-state index in [0.29, 0.717) is 17.5 Å². The fourth-order valence-electron chi connectivity index (χ4n) is 5.66. The highest BCUT2D eigenvalue weighted by Crippen LogP contribution is 2.39. The van der Waals surface area contributed by atoms with E-state index in [0.717, 1.165) is 37.9 Å². The molecule has 1 saturated heterocycles. The zero-order valence-electron chi connectivity index (χ0n) is 21.6. The number of carbonyl (C=O) groups is 2. The van der Waals surface area contributed by atoms with Crippen molar-refractivity contribution in [3.05, 3.63) is 34.9 Å². The SMILES string of the molecule is CNCC(CC1CCCCC1)NC(=O)N1CCC[C@@H]([C@@](C)(OCC(=O)NC)c2cccc(Cl)c2)C1. The first-order chi connectivity index (χ1) is 16.9. The highest BCUT2D eigenvalue weighted by molar-refractivity contribution is 6.30. The Balaban J connectivity index is 1.70. The zero-order chi connectivity index (χ0) is 25.3. The molecular formula is C27H43ClN4O3. The Hall–Kier alpha value is -1.83.